The highest BCUT2D eigenvalue weighted by Gasteiger charge is 2.29. The van der Waals surface area contributed by atoms with E-state index in [0.717, 1.165) is 17.8 Å². The Morgan fingerprint density at radius 1 is 1.10 bits per heavy atom. The minimum absolute atomic E-state index is 0.869. The zero-order chi connectivity index (χ0) is 15.1. The van der Waals surface area contributed by atoms with Gasteiger partial charge in [-0.15, -0.1) is 0 Å². The predicted octanol–water partition coefficient (Wildman–Crippen LogP) is 5.28. The van der Waals surface area contributed by atoms with E-state index in [1.807, 2.05) is 0 Å². The van der Waals surface area contributed by atoms with Gasteiger partial charge < -0.3 is 5.32 Å². The van der Waals surface area contributed by atoms with E-state index >= 15 is 0 Å². The first-order valence-electron chi connectivity index (χ1n) is 8.68. The molecule has 0 heterocycles. The van der Waals surface area contributed by atoms with Gasteiger partial charge >= 0.3 is 0 Å². The minimum atomic E-state index is 0.869. The Balaban J connectivity index is 1.96. The summed E-state index contributed by atoms with van der Waals surface area (Å²) < 4.78 is 1.34. The van der Waals surface area contributed by atoms with Crippen molar-refractivity contribution in [1.29, 1.82) is 0 Å². The second-order valence-corrected chi connectivity index (χ2v) is 7.89. The van der Waals surface area contributed by atoms with E-state index in [1.165, 1.54) is 60.7 Å². The van der Waals surface area contributed by atoms with Crippen molar-refractivity contribution in [3.8, 4) is 0 Å². The molecule has 0 bridgehead atoms. The molecule has 1 nitrogen and oxygen atoms in total. The number of hydrogen-bond donors (Lipinski definition) is 1. The maximum atomic E-state index is 3.66. The van der Waals surface area contributed by atoms with Gasteiger partial charge in [-0.1, -0.05) is 38.8 Å². The summed E-state index contributed by atoms with van der Waals surface area (Å²) in [6.07, 6.45) is 8.17. The molecule has 1 aliphatic carbocycles. The molecule has 1 N–H and O–H groups in total. The summed E-state index contributed by atoms with van der Waals surface area (Å²) in [5, 5.41) is 3.66. The topological polar surface area (TPSA) is 12.0 Å². The van der Waals surface area contributed by atoms with E-state index in [1.54, 1.807) is 0 Å². The Labute approximate surface area is 144 Å². The van der Waals surface area contributed by atoms with Gasteiger partial charge in [0.15, 0.2) is 0 Å². The van der Waals surface area contributed by atoms with Gasteiger partial charge in [0, 0.05) is 3.57 Å². The molecule has 0 aliphatic heterocycles. The second-order valence-electron chi connectivity index (χ2n) is 6.64. The van der Waals surface area contributed by atoms with E-state index in [-0.39, 0.29) is 0 Å². The van der Waals surface area contributed by atoms with Gasteiger partial charge in [0.1, 0.15) is 0 Å². The SMILES string of the molecule is CCCNCC1CCC(CC)CC1Cc1ccc(I)cc1. The molecule has 21 heavy (non-hydrogen) atoms. The molecule has 1 fully saturated rings. The highest BCUT2D eigenvalue weighted by atomic mass is 127. The zero-order valence-electron chi connectivity index (χ0n) is 13.6. The molecule has 0 spiro atoms. The molecule has 2 rings (SSSR count). The highest BCUT2D eigenvalue weighted by molar-refractivity contribution is 14.1. The third kappa shape index (κ3) is 5.55. The molecule has 2 heteroatoms. The minimum Gasteiger partial charge on any atom is -0.316 e. The Hall–Kier alpha value is -0.0900. The van der Waals surface area contributed by atoms with Crippen LogP contribution in [0.5, 0.6) is 0 Å². The van der Waals surface area contributed by atoms with Crippen LogP contribution in [0.2, 0.25) is 0 Å². The molecule has 0 saturated heterocycles. The molecule has 1 saturated carbocycles. The van der Waals surface area contributed by atoms with Crippen molar-refractivity contribution in [3.05, 3.63) is 33.4 Å². The van der Waals surface area contributed by atoms with Crippen LogP contribution in [0.25, 0.3) is 0 Å². The molecular weight excluding hydrogens is 369 g/mol. The summed E-state index contributed by atoms with van der Waals surface area (Å²) >= 11 is 2.39. The molecule has 0 amide bonds. The first kappa shape index (κ1) is 17.3. The van der Waals surface area contributed by atoms with E-state index in [4.69, 9.17) is 0 Å². The summed E-state index contributed by atoms with van der Waals surface area (Å²) in [7, 11) is 0. The van der Waals surface area contributed by atoms with Gasteiger partial charge in [0.25, 0.3) is 0 Å². The van der Waals surface area contributed by atoms with E-state index in [2.05, 4.69) is 66.0 Å². The molecule has 0 aromatic heterocycles. The fourth-order valence-electron chi connectivity index (χ4n) is 3.70. The molecule has 3 atom stereocenters. The summed E-state index contributed by atoms with van der Waals surface area (Å²) in [6, 6.07) is 9.16. The van der Waals surface area contributed by atoms with Crippen molar-refractivity contribution in [2.24, 2.45) is 17.8 Å². The molecule has 3 unspecified atom stereocenters. The second kappa shape index (κ2) is 9.14. The summed E-state index contributed by atoms with van der Waals surface area (Å²) in [5.41, 5.74) is 1.53. The molecular formula is C19H30IN. The van der Waals surface area contributed by atoms with Crippen LogP contribution < -0.4 is 5.32 Å². The lowest BCUT2D eigenvalue weighted by Crippen LogP contribution is -2.34. The van der Waals surface area contributed by atoms with Crippen molar-refractivity contribution in [2.75, 3.05) is 13.1 Å². The fraction of sp³-hybridized carbons (Fsp3) is 0.684. The van der Waals surface area contributed by atoms with Crippen molar-refractivity contribution < 1.29 is 0 Å². The van der Waals surface area contributed by atoms with Crippen molar-refractivity contribution in [2.45, 2.75) is 52.4 Å². The van der Waals surface area contributed by atoms with Crippen LogP contribution in [-0.2, 0) is 6.42 Å². The Bertz CT molecular complexity index is 399. The normalized spacial score (nSPS) is 26.0. The van der Waals surface area contributed by atoms with Crippen molar-refractivity contribution in [3.63, 3.8) is 0 Å². The van der Waals surface area contributed by atoms with E-state index in [9.17, 15) is 0 Å². The Morgan fingerprint density at radius 3 is 2.52 bits per heavy atom. The smallest absolute Gasteiger partial charge is 0.0130 e. The maximum Gasteiger partial charge on any atom is 0.0130 e. The van der Waals surface area contributed by atoms with Gasteiger partial charge in [0.2, 0.25) is 0 Å². The summed E-state index contributed by atoms with van der Waals surface area (Å²) in [5.74, 6) is 2.70. The average molecular weight is 399 g/mol. The standard InChI is InChI=1S/C19H30IN/c1-3-11-21-14-17-8-5-15(4-2)12-18(17)13-16-6-9-19(20)10-7-16/h6-7,9-10,15,17-18,21H,3-5,8,11-14H2,1-2H3. The first-order chi connectivity index (χ1) is 10.2. The lowest BCUT2D eigenvalue weighted by molar-refractivity contribution is 0.171. The third-order valence-electron chi connectivity index (χ3n) is 5.07. The van der Waals surface area contributed by atoms with Crippen LogP contribution in [0.3, 0.4) is 0 Å². The van der Waals surface area contributed by atoms with Gasteiger partial charge in [-0.05, 0) is 96.8 Å². The monoisotopic (exact) mass is 399 g/mol. The van der Waals surface area contributed by atoms with E-state index in [0.29, 0.717) is 0 Å². The van der Waals surface area contributed by atoms with Crippen LogP contribution in [0.15, 0.2) is 24.3 Å². The van der Waals surface area contributed by atoms with Gasteiger partial charge in [0.05, 0.1) is 0 Å². The molecule has 0 radical (unpaired) electrons. The molecule has 1 aromatic carbocycles. The van der Waals surface area contributed by atoms with E-state index < -0.39 is 0 Å². The van der Waals surface area contributed by atoms with Crippen LogP contribution >= 0.6 is 22.6 Å². The lowest BCUT2D eigenvalue weighted by Gasteiger charge is -2.36. The van der Waals surface area contributed by atoms with Crippen LogP contribution in [0, 0.1) is 21.3 Å². The fourth-order valence-corrected chi connectivity index (χ4v) is 4.06. The largest absolute Gasteiger partial charge is 0.316 e. The number of hydrogen-bond acceptors (Lipinski definition) is 1. The van der Waals surface area contributed by atoms with Gasteiger partial charge in [-0.2, -0.15) is 0 Å². The van der Waals surface area contributed by atoms with Crippen LogP contribution in [-0.4, -0.2) is 13.1 Å². The number of halogens is 1. The Kier molecular flexibility index (Phi) is 7.51. The first-order valence-corrected chi connectivity index (χ1v) is 9.76. The molecule has 118 valence electrons. The molecule has 1 aromatic rings. The van der Waals surface area contributed by atoms with Crippen LogP contribution in [0.4, 0.5) is 0 Å². The highest BCUT2D eigenvalue weighted by Crippen LogP contribution is 2.37. The quantitative estimate of drug-likeness (QED) is 0.486. The zero-order valence-corrected chi connectivity index (χ0v) is 15.7. The van der Waals surface area contributed by atoms with Crippen molar-refractivity contribution >= 4 is 22.6 Å². The summed E-state index contributed by atoms with van der Waals surface area (Å²) in [6.45, 7) is 7.01. The third-order valence-corrected chi connectivity index (χ3v) is 5.79. The number of benzene rings is 1. The van der Waals surface area contributed by atoms with Crippen molar-refractivity contribution in [1.82, 2.24) is 5.32 Å². The van der Waals surface area contributed by atoms with Crippen LogP contribution in [0.1, 0.15) is 51.5 Å². The average Bonchev–Trinajstić information content (AvgIpc) is 2.51. The predicted molar refractivity (Wildman–Crippen MR) is 101 cm³/mol. The Morgan fingerprint density at radius 2 is 1.86 bits per heavy atom. The summed E-state index contributed by atoms with van der Waals surface area (Å²) in [4.78, 5) is 0. The van der Waals surface area contributed by atoms with Gasteiger partial charge in [-0.3, -0.25) is 0 Å². The lowest BCUT2D eigenvalue weighted by atomic mass is 9.71. The number of nitrogens with one attached hydrogen (secondary N) is 1. The number of rotatable bonds is 7. The van der Waals surface area contributed by atoms with Gasteiger partial charge in [-0.25, -0.2) is 0 Å². The molecule has 1 aliphatic rings. The maximum absolute atomic E-state index is 3.66.